The summed E-state index contributed by atoms with van der Waals surface area (Å²) in [5.41, 5.74) is -0.314. The molecule has 1 N–H and O–H groups in total. The van der Waals surface area contributed by atoms with Crippen LogP contribution in [0.2, 0.25) is 0 Å². The number of aromatic nitrogens is 2. The van der Waals surface area contributed by atoms with Gasteiger partial charge < -0.3 is 9.47 Å². The molecule has 3 aromatic carbocycles. The van der Waals surface area contributed by atoms with Gasteiger partial charge in [0.15, 0.2) is 11.5 Å². The Bertz CT molecular complexity index is 1350. The van der Waals surface area contributed by atoms with Gasteiger partial charge in [-0.25, -0.2) is 8.78 Å². The van der Waals surface area contributed by atoms with Crippen molar-refractivity contribution in [2.24, 2.45) is 0 Å². The third kappa shape index (κ3) is 2.75. The van der Waals surface area contributed by atoms with E-state index in [0.717, 1.165) is 4.79 Å². The van der Waals surface area contributed by atoms with Crippen molar-refractivity contribution in [2.45, 2.75) is 11.3 Å². The van der Waals surface area contributed by atoms with E-state index in [1.54, 1.807) is 36.4 Å². The minimum Gasteiger partial charge on any atom is -0.454 e. The fourth-order valence-corrected chi connectivity index (χ4v) is 4.38. The lowest BCUT2D eigenvalue weighted by Gasteiger charge is -2.10. The first kappa shape index (κ1) is 17.7. The predicted octanol–water partition coefficient (Wildman–Crippen LogP) is 3.79. The molecule has 0 fully saturated rings. The van der Waals surface area contributed by atoms with Crippen LogP contribution < -0.4 is 14.3 Å². The zero-order chi connectivity index (χ0) is 20.2. The molecule has 1 aliphatic heterocycles. The smallest absolute Gasteiger partial charge is 0.282 e. The number of hydrogen-bond donors (Lipinski definition) is 1. The van der Waals surface area contributed by atoms with Gasteiger partial charge in [-0.2, -0.15) is 18.0 Å². The van der Waals surface area contributed by atoms with Gasteiger partial charge in [-0.05, 0) is 36.4 Å². The molecule has 0 unspecified atom stereocenters. The van der Waals surface area contributed by atoms with E-state index in [1.807, 2.05) is 0 Å². The molecule has 0 saturated carbocycles. The van der Waals surface area contributed by atoms with Crippen molar-refractivity contribution in [2.75, 3.05) is 11.6 Å². The Hall–Kier alpha value is -3.40. The summed E-state index contributed by atoms with van der Waals surface area (Å²) in [6, 6.07) is 14.0. The highest BCUT2D eigenvalue weighted by Gasteiger charge is 2.25. The number of ether oxygens (including phenoxy) is 2. The molecule has 0 bridgehead atoms. The van der Waals surface area contributed by atoms with Crippen LogP contribution >= 0.6 is 0 Å². The van der Waals surface area contributed by atoms with Crippen molar-refractivity contribution in [3.63, 3.8) is 0 Å². The number of nitrogens with one attached hydrogen (secondary N) is 1. The molecule has 4 aromatic rings. The van der Waals surface area contributed by atoms with E-state index < -0.39 is 22.1 Å². The largest absolute Gasteiger partial charge is 0.454 e. The molecule has 5 rings (SSSR count). The average Bonchev–Trinajstić information content (AvgIpc) is 3.33. The third-order valence-corrected chi connectivity index (χ3v) is 5.97. The van der Waals surface area contributed by atoms with Crippen LogP contribution in [0.25, 0.3) is 21.7 Å². The molecule has 1 aliphatic rings. The van der Waals surface area contributed by atoms with E-state index in [4.69, 9.17) is 9.47 Å². The van der Waals surface area contributed by atoms with Crippen molar-refractivity contribution in [1.29, 1.82) is 0 Å². The van der Waals surface area contributed by atoms with E-state index in [2.05, 4.69) is 9.93 Å². The molecule has 2 heterocycles. The van der Waals surface area contributed by atoms with Gasteiger partial charge in [-0.1, -0.05) is 18.2 Å². The normalized spacial score (nSPS) is 13.5. The second-order valence-electron chi connectivity index (χ2n) is 6.36. The lowest BCUT2D eigenvalue weighted by atomic mass is 10.0. The van der Waals surface area contributed by atoms with E-state index in [9.17, 15) is 17.2 Å². The van der Waals surface area contributed by atoms with E-state index in [1.165, 1.54) is 18.2 Å². The number of hydrogen-bond acceptors (Lipinski definition) is 5. The maximum atomic E-state index is 13.6. The highest BCUT2D eigenvalue weighted by atomic mass is 32.2. The number of fused-ring (bicyclic) bond motifs is 5. The van der Waals surface area contributed by atoms with Crippen LogP contribution in [-0.4, -0.2) is 25.1 Å². The van der Waals surface area contributed by atoms with Crippen LogP contribution in [-0.2, 0) is 10.0 Å². The molecule has 0 aliphatic carbocycles. The van der Waals surface area contributed by atoms with Gasteiger partial charge in [0.1, 0.15) is 11.2 Å². The van der Waals surface area contributed by atoms with Crippen LogP contribution in [0.15, 0.2) is 59.5 Å². The quantitative estimate of drug-likeness (QED) is 0.546. The third-order valence-electron chi connectivity index (χ3n) is 4.67. The number of rotatable bonds is 4. The Morgan fingerprint density at radius 2 is 1.69 bits per heavy atom. The Balaban J connectivity index is 1.76. The zero-order valence-corrected chi connectivity index (χ0v) is 15.5. The van der Waals surface area contributed by atoms with Crippen molar-refractivity contribution in [3.05, 3.63) is 60.3 Å². The molecule has 7 nitrogen and oxygen atoms in total. The number of benzene rings is 3. The molecule has 29 heavy (non-hydrogen) atoms. The van der Waals surface area contributed by atoms with Gasteiger partial charge in [0.2, 0.25) is 6.79 Å². The van der Waals surface area contributed by atoms with Crippen molar-refractivity contribution in [3.8, 4) is 11.5 Å². The monoisotopic (exact) mass is 417 g/mol. The Morgan fingerprint density at radius 3 is 2.45 bits per heavy atom. The van der Waals surface area contributed by atoms with Gasteiger partial charge in [0.05, 0.1) is 4.90 Å². The maximum absolute atomic E-state index is 13.6. The van der Waals surface area contributed by atoms with Gasteiger partial charge in [-0.15, -0.1) is 5.10 Å². The fraction of sp³-hybridized carbons (Fsp3) is 0.105. The van der Waals surface area contributed by atoms with Gasteiger partial charge in [-0.3, -0.25) is 0 Å². The summed E-state index contributed by atoms with van der Waals surface area (Å²) >= 11 is 0. The summed E-state index contributed by atoms with van der Waals surface area (Å²) in [6.07, 6.45) is -2.88. The van der Waals surface area contributed by atoms with Crippen molar-refractivity contribution in [1.82, 2.24) is 9.89 Å². The van der Waals surface area contributed by atoms with Crippen molar-refractivity contribution >= 4 is 31.7 Å². The van der Waals surface area contributed by atoms with Gasteiger partial charge in [0.25, 0.3) is 16.4 Å². The Labute approximate surface area is 163 Å². The molecule has 0 atom stereocenters. The second-order valence-corrected chi connectivity index (χ2v) is 8.02. The van der Waals surface area contributed by atoms with Gasteiger partial charge in [0, 0.05) is 16.2 Å². The minimum absolute atomic E-state index is 0.0138. The topological polar surface area (TPSA) is 82.5 Å². The molecular weight excluding hydrogens is 404 g/mol. The molecule has 0 saturated heterocycles. The molecule has 148 valence electrons. The lowest BCUT2D eigenvalue weighted by molar-refractivity contribution is 0.147. The zero-order valence-electron chi connectivity index (χ0n) is 14.7. The van der Waals surface area contributed by atoms with Crippen molar-refractivity contribution < 1.29 is 26.7 Å². The van der Waals surface area contributed by atoms with E-state index in [0.29, 0.717) is 22.3 Å². The average molecular weight is 417 g/mol. The maximum Gasteiger partial charge on any atom is 0.282 e. The number of halogens is 2. The first-order chi connectivity index (χ1) is 14.0. The first-order valence-corrected chi connectivity index (χ1v) is 10.0. The number of nitrogens with zero attached hydrogens (tertiary/aromatic N) is 2. The van der Waals surface area contributed by atoms with Crippen LogP contribution in [0.4, 0.5) is 8.78 Å². The van der Waals surface area contributed by atoms with Gasteiger partial charge >= 0.3 is 0 Å². The highest BCUT2D eigenvalue weighted by molar-refractivity contribution is 7.92. The minimum atomic E-state index is -4.05. The lowest BCUT2D eigenvalue weighted by Crippen LogP contribution is -2.24. The predicted molar refractivity (Wildman–Crippen MR) is 101 cm³/mol. The molecule has 0 spiro atoms. The summed E-state index contributed by atoms with van der Waals surface area (Å²) in [6.45, 7) is 0.0503. The molecule has 10 heteroatoms. The molecule has 0 radical (unpaired) electrons. The summed E-state index contributed by atoms with van der Waals surface area (Å²) in [5.74, 6) is 1.00. The summed E-state index contributed by atoms with van der Waals surface area (Å²) < 4.78 is 63.5. The summed E-state index contributed by atoms with van der Waals surface area (Å²) in [4.78, 5) is 3.15. The van der Waals surface area contributed by atoms with Crippen LogP contribution in [0.1, 0.15) is 12.1 Å². The molecule has 0 amide bonds. The standard InChI is InChI=1S/C19H13F2N3O4S/c20-19(21)16-14-7-6-13-12(8-9-15-18(13)28-10-27-15)17(14)24(22-16)23-29(25,26)11-4-2-1-3-5-11/h1-9,19,23H,10H2. The van der Waals surface area contributed by atoms with E-state index >= 15 is 0 Å². The Morgan fingerprint density at radius 1 is 0.966 bits per heavy atom. The summed E-state index contributed by atoms with van der Waals surface area (Å²) in [7, 11) is -4.05. The summed E-state index contributed by atoms with van der Waals surface area (Å²) in [5, 5.41) is 5.10. The number of alkyl halides is 2. The fourth-order valence-electron chi connectivity index (χ4n) is 3.40. The first-order valence-electron chi connectivity index (χ1n) is 8.56. The number of sulfonamides is 1. The second kappa shape index (κ2) is 6.31. The molecule has 1 aromatic heterocycles. The highest BCUT2D eigenvalue weighted by Crippen LogP contribution is 2.42. The molecular formula is C19H13F2N3O4S. The van der Waals surface area contributed by atoms with Crippen LogP contribution in [0, 0.1) is 0 Å². The Kier molecular flexibility index (Phi) is 3.85. The SMILES string of the molecule is O=S(=O)(Nn1nc(C(F)F)c2ccc3c4c(ccc3c21)OCO4)c1ccccc1. The van der Waals surface area contributed by atoms with Crippen LogP contribution in [0.3, 0.4) is 0 Å². The van der Waals surface area contributed by atoms with E-state index in [-0.39, 0.29) is 22.6 Å². The van der Waals surface area contributed by atoms with Crippen LogP contribution in [0.5, 0.6) is 11.5 Å².